The molecular weight excluding hydrogens is 496 g/mol. The second-order valence-electron chi connectivity index (χ2n) is 9.48. The molecule has 38 heavy (non-hydrogen) atoms. The standard InChI is InChI=1S/C27H32N2O9/c1-15-8-22(25(26(32)35-3)23(9-15)37-16(2)13-30)36-14-18-10-20(12-29(18)27(33)34)38-19-6-4-17-5-7-24(31)28-21(17)11-19/h4,6,8-9,11,16,18,20,30H,5,7,10,12-14H2,1-3H3,(H,28,31)(H,33,34)/t16-,18+,20-/m0/s1. The number of aliphatic hydroxyl groups is 1. The summed E-state index contributed by atoms with van der Waals surface area (Å²) in [6, 6.07) is 8.23. The zero-order valence-electron chi connectivity index (χ0n) is 21.6. The van der Waals surface area contributed by atoms with Crippen molar-refractivity contribution < 1.29 is 43.5 Å². The molecule has 2 heterocycles. The second-order valence-corrected chi connectivity index (χ2v) is 9.48. The number of rotatable bonds is 9. The van der Waals surface area contributed by atoms with Gasteiger partial charge in [0.05, 0.1) is 26.3 Å². The fourth-order valence-electron chi connectivity index (χ4n) is 4.64. The van der Waals surface area contributed by atoms with Crippen molar-refractivity contribution in [3.05, 3.63) is 47.0 Å². The van der Waals surface area contributed by atoms with Crippen molar-refractivity contribution in [1.29, 1.82) is 0 Å². The highest BCUT2D eigenvalue weighted by molar-refractivity contribution is 5.96. The minimum Gasteiger partial charge on any atom is -0.490 e. The monoisotopic (exact) mass is 528 g/mol. The number of aliphatic hydroxyl groups excluding tert-OH is 1. The smallest absolute Gasteiger partial charge is 0.407 e. The molecule has 2 aliphatic rings. The number of aryl methyl sites for hydroxylation is 2. The van der Waals surface area contributed by atoms with Crippen LogP contribution >= 0.6 is 0 Å². The summed E-state index contributed by atoms with van der Waals surface area (Å²) in [4.78, 5) is 37.6. The predicted octanol–water partition coefficient (Wildman–Crippen LogP) is 3.00. The van der Waals surface area contributed by atoms with E-state index in [2.05, 4.69) is 5.32 Å². The Morgan fingerprint density at radius 2 is 1.95 bits per heavy atom. The third kappa shape index (κ3) is 6.10. The van der Waals surface area contributed by atoms with Gasteiger partial charge in [-0.2, -0.15) is 0 Å². The average molecular weight is 529 g/mol. The van der Waals surface area contributed by atoms with Crippen molar-refractivity contribution in [3.8, 4) is 17.2 Å². The zero-order valence-corrected chi connectivity index (χ0v) is 21.6. The van der Waals surface area contributed by atoms with Crippen LogP contribution in [0.1, 0.15) is 41.3 Å². The molecule has 1 saturated heterocycles. The van der Waals surface area contributed by atoms with Gasteiger partial charge in [-0.05, 0) is 49.6 Å². The van der Waals surface area contributed by atoms with Crippen molar-refractivity contribution in [2.24, 2.45) is 0 Å². The fraction of sp³-hybridized carbons (Fsp3) is 0.444. The largest absolute Gasteiger partial charge is 0.490 e. The molecule has 0 unspecified atom stereocenters. The molecule has 4 rings (SSSR count). The molecule has 0 radical (unpaired) electrons. The SMILES string of the molecule is COC(=O)c1c(OC[C@H]2C[C@H](Oc3ccc4c(c3)NC(=O)CC4)CN2C(=O)O)cc(C)cc1O[C@@H](C)CO. The summed E-state index contributed by atoms with van der Waals surface area (Å²) in [7, 11) is 1.24. The van der Waals surface area contributed by atoms with Gasteiger partial charge in [-0.25, -0.2) is 9.59 Å². The third-order valence-corrected chi connectivity index (χ3v) is 6.52. The number of anilines is 1. The molecule has 0 saturated carbocycles. The van der Waals surface area contributed by atoms with Crippen molar-refractivity contribution in [2.45, 2.75) is 51.4 Å². The predicted molar refractivity (Wildman–Crippen MR) is 136 cm³/mol. The summed E-state index contributed by atoms with van der Waals surface area (Å²) >= 11 is 0. The molecular formula is C27H32N2O9. The van der Waals surface area contributed by atoms with E-state index in [1.807, 2.05) is 12.1 Å². The number of esters is 1. The highest BCUT2D eigenvalue weighted by Gasteiger charge is 2.37. The normalized spacial score (nSPS) is 19.3. The van der Waals surface area contributed by atoms with Crippen molar-refractivity contribution >= 4 is 23.7 Å². The van der Waals surface area contributed by atoms with Crippen LogP contribution in [0.25, 0.3) is 0 Å². The maximum absolute atomic E-state index is 12.6. The highest BCUT2D eigenvalue weighted by Crippen LogP contribution is 2.34. The Bertz CT molecular complexity index is 1220. The number of hydrogen-bond acceptors (Lipinski definition) is 8. The van der Waals surface area contributed by atoms with Crippen molar-refractivity contribution in [1.82, 2.24) is 4.90 Å². The summed E-state index contributed by atoms with van der Waals surface area (Å²) in [6.07, 6.45) is -0.646. The maximum Gasteiger partial charge on any atom is 0.407 e. The number of methoxy groups -OCH3 is 1. The maximum atomic E-state index is 12.6. The number of nitrogens with one attached hydrogen (secondary N) is 1. The van der Waals surface area contributed by atoms with E-state index in [4.69, 9.17) is 18.9 Å². The van der Waals surface area contributed by atoms with Gasteiger partial charge in [0.25, 0.3) is 0 Å². The van der Waals surface area contributed by atoms with Crippen LogP contribution in [0, 0.1) is 6.92 Å². The molecule has 11 nitrogen and oxygen atoms in total. The molecule has 0 bridgehead atoms. The topological polar surface area (TPSA) is 144 Å². The summed E-state index contributed by atoms with van der Waals surface area (Å²) < 4.78 is 22.7. The number of carbonyl (C=O) groups is 3. The van der Waals surface area contributed by atoms with Crippen LogP contribution in [0.2, 0.25) is 0 Å². The molecule has 2 aromatic carbocycles. The quantitative estimate of drug-likeness (QED) is 0.418. The van der Waals surface area contributed by atoms with E-state index >= 15 is 0 Å². The van der Waals surface area contributed by atoms with Gasteiger partial charge in [0.15, 0.2) is 0 Å². The molecule has 3 N–H and O–H groups in total. The van der Waals surface area contributed by atoms with Gasteiger partial charge in [-0.3, -0.25) is 9.69 Å². The molecule has 1 fully saturated rings. The minimum atomic E-state index is -1.11. The van der Waals surface area contributed by atoms with Gasteiger partial charge < -0.3 is 34.5 Å². The van der Waals surface area contributed by atoms with Gasteiger partial charge >= 0.3 is 12.1 Å². The molecule has 204 valence electrons. The van der Waals surface area contributed by atoms with E-state index in [-0.39, 0.29) is 42.7 Å². The van der Waals surface area contributed by atoms with Crippen molar-refractivity contribution in [3.63, 3.8) is 0 Å². The molecule has 0 spiro atoms. The van der Waals surface area contributed by atoms with Crippen LogP contribution in [0.5, 0.6) is 17.2 Å². The number of carbonyl (C=O) groups excluding carboxylic acids is 2. The van der Waals surface area contributed by atoms with Crippen molar-refractivity contribution in [2.75, 3.05) is 32.2 Å². The lowest BCUT2D eigenvalue weighted by molar-refractivity contribution is -0.116. The van der Waals surface area contributed by atoms with Crippen LogP contribution in [0.4, 0.5) is 10.5 Å². The van der Waals surface area contributed by atoms with E-state index < -0.39 is 30.3 Å². The van der Waals surface area contributed by atoms with Crippen LogP contribution in [-0.4, -0.2) is 78.2 Å². The van der Waals surface area contributed by atoms with Crippen LogP contribution in [0.15, 0.2) is 30.3 Å². The fourth-order valence-corrected chi connectivity index (χ4v) is 4.64. The lowest BCUT2D eigenvalue weighted by Crippen LogP contribution is -2.38. The first-order valence-electron chi connectivity index (χ1n) is 12.4. The first kappa shape index (κ1) is 27.1. The Labute approximate surface area is 220 Å². The number of likely N-dealkylation sites (tertiary alicyclic amines) is 1. The molecule has 3 atom stereocenters. The molecule has 0 aliphatic carbocycles. The van der Waals surface area contributed by atoms with Gasteiger partial charge in [0, 0.05) is 24.6 Å². The van der Waals surface area contributed by atoms with Gasteiger partial charge in [0.2, 0.25) is 5.91 Å². The number of amides is 2. The Balaban J connectivity index is 1.49. The van der Waals surface area contributed by atoms with E-state index in [0.29, 0.717) is 30.7 Å². The first-order chi connectivity index (χ1) is 18.2. The number of fused-ring (bicyclic) bond motifs is 1. The van der Waals surface area contributed by atoms with Gasteiger partial charge in [-0.15, -0.1) is 0 Å². The Hall–Kier alpha value is -3.99. The number of carboxylic acid groups (broad SMARTS) is 1. The summed E-state index contributed by atoms with van der Waals surface area (Å²) in [5, 5.41) is 22.0. The Morgan fingerprint density at radius 1 is 1.18 bits per heavy atom. The van der Waals surface area contributed by atoms with E-state index in [0.717, 1.165) is 11.1 Å². The second kappa shape index (κ2) is 11.6. The summed E-state index contributed by atoms with van der Waals surface area (Å²) in [5.74, 6) is 0.205. The van der Waals surface area contributed by atoms with Crippen LogP contribution in [-0.2, 0) is 16.0 Å². The Kier molecular flexibility index (Phi) is 8.26. The van der Waals surface area contributed by atoms with E-state index in [1.165, 1.54) is 12.0 Å². The molecule has 0 aromatic heterocycles. The zero-order chi connectivity index (χ0) is 27.4. The molecule has 11 heteroatoms. The van der Waals surface area contributed by atoms with E-state index in [1.54, 1.807) is 32.0 Å². The summed E-state index contributed by atoms with van der Waals surface area (Å²) in [5.41, 5.74) is 2.53. The lowest BCUT2D eigenvalue weighted by Gasteiger charge is -2.23. The van der Waals surface area contributed by atoms with E-state index in [9.17, 15) is 24.6 Å². The molecule has 2 amide bonds. The number of nitrogens with zero attached hydrogens (tertiary/aromatic N) is 1. The highest BCUT2D eigenvalue weighted by atomic mass is 16.5. The third-order valence-electron chi connectivity index (χ3n) is 6.52. The lowest BCUT2D eigenvalue weighted by atomic mass is 10.0. The number of hydrogen-bond donors (Lipinski definition) is 3. The van der Waals surface area contributed by atoms with Gasteiger partial charge in [0.1, 0.15) is 41.6 Å². The first-order valence-corrected chi connectivity index (χ1v) is 12.4. The Morgan fingerprint density at radius 3 is 2.66 bits per heavy atom. The molecule has 2 aliphatic heterocycles. The average Bonchev–Trinajstić information content (AvgIpc) is 3.29. The van der Waals surface area contributed by atoms with Crippen LogP contribution in [0.3, 0.4) is 0 Å². The summed E-state index contributed by atoms with van der Waals surface area (Å²) in [6.45, 7) is 3.30. The number of benzene rings is 2. The van der Waals surface area contributed by atoms with Crippen LogP contribution < -0.4 is 19.5 Å². The minimum absolute atomic E-state index is 0.0329. The van der Waals surface area contributed by atoms with Gasteiger partial charge in [-0.1, -0.05) is 6.07 Å². The molecule has 2 aromatic rings. The number of ether oxygens (including phenoxy) is 4.